The molecule has 2 rings (SSSR count). The lowest BCUT2D eigenvalue weighted by Crippen LogP contribution is -2.24. The summed E-state index contributed by atoms with van der Waals surface area (Å²) in [5.41, 5.74) is 1.19. The molecule has 1 aromatic heterocycles. The Bertz CT molecular complexity index is 685. The quantitative estimate of drug-likeness (QED) is 0.900. The van der Waals surface area contributed by atoms with Gasteiger partial charge in [0.25, 0.3) is 0 Å². The zero-order valence-electron chi connectivity index (χ0n) is 11.2. The lowest BCUT2D eigenvalue weighted by Gasteiger charge is -2.05. The first-order valence-corrected chi connectivity index (χ1v) is 7.34. The Morgan fingerprint density at radius 1 is 1.38 bits per heavy atom. The van der Waals surface area contributed by atoms with Gasteiger partial charge in [-0.05, 0) is 18.6 Å². The number of carbonyl (C=O) groups excluding carboxylic acids is 2. The molecule has 0 fully saturated rings. The summed E-state index contributed by atoms with van der Waals surface area (Å²) in [4.78, 5) is 26.8. The average Bonchev–Trinajstić information content (AvgIpc) is 2.79. The van der Waals surface area contributed by atoms with Crippen LogP contribution in [-0.2, 0) is 17.8 Å². The van der Waals surface area contributed by atoms with Gasteiger partial charge in [-0.1, -0.05) is 29.8 Å². The van der Waals surface area contributed by atoms with Crippen LogP contribution in [0.4, 0.5) is 0 Å². The molecule has 0 unspecified atom stereocenters. The summed E-state index contributed by atoms with van der Waals surface area (Å²) in [6.07, 6.45) is 0.0310. The van der Waals surface area contributed by atoms with E-state index in [2.05, 4.69) is 10.3 Å². The minimum Gasteiger partial charge on any atom is -0.544 e. The van der Waals surface area contributed by atoms with Crippen LogP contribution in [0, 0.1) is 6.92 Å². The Labute approximate surface area is 130 Å². The lowest BCUT2D eigenvalue weighted by atomic mass is 10.2. The minimum atomic E-state index is -1.27. The van der Waals surface area contributed by atoms with Gasteiger partial charge < -0.3 is 15.2 Å². The van der Waals surface area contributed by atoms with Gasteiger partial charge in [0.15, 0.2) is 0 Å². The zero-order chi connectivity index (χ0) is 15.4. The number of nitrogens with one attached hydrogen (secondary N) is 1. The molecule has 7 heteroatoms. The van der Waals surface area contributed by atoms with Crippen molar-refractivity contribution in [1.82, 2.24) is 10.3 Å². The van der Waals surface area contributed by atoms with E-state index in [9.17, 15) is 14.7 Å². The maximum Gasteiger partial charge on any atom is 0.227 e. The number of thiazole rings is 1. The van der Waals surface area contributed by atoms with Crippen LogP contribution in [0.2, 0.25) is 5.02 Å². The number of aryl methyl sites for hydroxylation is 1. The van der Waals surface area contributed by atoms with Gasteiger partial charge in [-0.3, -0.25) is 4.79 Å². The number of carboxylic acid groups (broad SMARTS) is 1. The van der Waals surface area contributed by atoms with E-state index in [0.29, 0.717) is 22.3 Å². The van der Waals surface area contributed by atoms with Crippen molar-refractivity contribution in [3.63, 3.8) is 0 Å². The molecule has 0 saturated carbocycles. The van der Waals surface area contributed by atoms with E-state index in [1.54, 1.807) is 13.0 Å². The van der Waals surface area contributed by atoms with Crippen LogP contribution in [0.1, 0.15) is 25.9 Å². The van der Waals surface area contributed by atoms with E-state index in [4.69, 9.17) is 11.6 Å². The van der Waals surface area contributed by atoms with Crippen LogP contribution in [0.5, 0.6) is 0 Å². The van der Waals surface area contributed by atoms with Gasteiger partial charge in [-0.25, -0.2) is 4.98 Å². The second-order valence-electron chi connectivity index (χ2n) is 4.35. The van der Waals surface area contributed by atoms with Crippen molar-refractivity contribution in [2.24, 2.45) is 0 Å². The number of hydrogen-bond acceptors (Lipinski definition) is 5. The highest BCUT2D eigenvalue weighted by molar-refractivity contribution is 7.13. The number of carbonyl (C=O) groups is 2. The number of hydrogen-bond donors (Lipinski definition) is 1. The summed E-state index contributed by atoms with van der Waals surface area (Å²) in [6.45, 7) is 1.89. The Hall–Kier alpha value is -1.92. The average molecular weight is 324 g/mol. The highest BCUT2D eigenvalue weighted by atomic mass is 35.5. The number of nitrogens with zero attached hydrogens (tertiary/aromatic N) is 1. The molecular formula is C14H12ClN2O3S-. The van der Waals surface area contributed by atoms with Crippen LogP contribution >= 0.6 is 22.9 Å². The summed E-state index contributed by atoms with van der Waals surface area (Å²) in [5.74, 6) is -1.51. The second kappa shape index (κ2) is 6.69. The summed E-state index contributed by atoms with van der Waals surface area (Å²) < 4.78 is 0. The predicted octanol–water partition coefficient (Wildman–Crippen LogP) is 1.33. The Kier molecular flexibility index (Phi) is 4.93. The molecule has 0 bridgehead atoms. The molecule has 5 nitrogen and oxygen atoms in total. The van der Waals surface area contributed by atoms with Crippen molar-refractivity contribution in [3.8, 4) is 0 Å². The maximum absolute atomic E-state index is 11.8. The van der Waals surface area contributed by atoms with Gasteiger partial charge in [0.1, 0.15) is 5.01 Å². The van der Waals surface area contributed by atoms with Gasteiger partial charge in [-0.2, -0.15) is 0 Å². The number of aromatic carboxylic acids is 1. The molecule has 1 amide bonds. The molecule has 21 heavy (non-hydrogen) atoms. The van der Waals surface area contributed by atoms with E-state index in [-0.39, 0.29) is 17.2 Å². The number of aromatic nitrogens is 1. The fourth-order valence-electron chi connectivity index (χ4n) is 1.75. The van der Waals surface area contributed by atoms with Crippen LogP contribution in [0.3, 0.4) is 0 Å². The van der Waals surface area contributed by atoms with Crippen LogP contribution in [0.15, 0.2) is 24.3 Å². The first-order chi connectivity index (χ1) is 9.97. The topological polar surface area (TPSA) is 82.1 Å². The predicted molar refractivity (Wildman–Crippen MR) is 78.2 cm³/mol. The molecule has 0 aliphatic rings. The second-order valence-corrected chi connectivity index (χ2v) is 5.85. The SMILES string of the molecule is Cc1nc(CC(=O)NCc2ccccc2Cl)sc1C(=O)[O-]. The van der Waals surface area contributed by atoms with E-state index in [1.165, 1.54) is 0 Å². The fraction of sp³-hybridized carbons (Fsp3) is 0.214. The third-order valence-corrected chi connectivity index (χ3v) is 4.28. The molecule has 0 saturated heterocycles. The minimum absolute atomic E-state index is 0.0310. The lowest BCUT2D eigenvalue weighted by molar-refractivity contribution is -0.254. The summed E-state index contributed by atoms with van der Waals surface area (Å²) in [5, 5.41) is 14.6. The van der Waals surface area contributed by atoms with Crippen molar-refractivity contribution < 1.29 is 14.7 Å². The zero-order valence-corrected chi connectivity index (χ0v) is 12.8. The standard InChI is InChI=1S/C14H13ClN2O3S/c1-8-13(14(19)20)21-12(17-8)6-11(18)16-7-9-4-2-3-5-10(9)15/h2-5H,6-7H2,1H3,(H,16,18)(H,19,20)/p-1. The molecule has 0 aliphatic heterocycles. The van der Waals surface area contributed by atoms with Crippen LogP contribution < -0.4 is 10.4 Å². The molecule has 2 aromatic rings. The van der Waals surface area contributed by atoms with Crippen LogP contribution in [-0.4, -0.2) is 16.9 Å². The first kappa shape index (κ1) is 15.5. The highest BCUT2D eigenvalue weighted by Crippen LogP contribution is 2.18. The van der Waals surface area contributed by atoms with Gasteiger partial charge in [0, 0.05) is 11.6 Å². The van der Waals surface area contributed by atoms with E-state index in [0.717, 1.165) is 16.9 Å². The summed E-state index contributed by atoms with van der Waals surface area (Å²) in [6, 6.07) is 7.22. The molecular weight excluding hydrogens is 312 g/mol. The van der Waals surface area contributed by atoms with Crippen molar-refractivity contribution in [2.75, 3.05) is 0 Å². The highest BCUT2D eigenvalue weighted by Gasteiger charge is 2.12. The number of carboxylic acids is 1. The molecule has 0 aliphatic carbocycles. The molecule has 0 atom stereocenters. The Morgan fingerprint density at radius 3 is 2.71 bits per heavy atom. The van der Waals surface area contributed by atoms with Gasteiger partial charge in [0.05, 0.1) is 23.0 Å². The third-order valence-electron chi connectivity index (χ3n) is 2.77. The van der Waals surface area contributed by atoms with E-state index >= 15 is 0 Å². The smallest absolute Gasteiger partial charge is 0.227 e. The summed E-state index contributed by atoms with van der Waals surface area (Å²) in [7, 11) is 0. The monoisotopic (exact) mass is 323 g/mol. The molecule has 1 N–H and O–H groups in total. The van der Waals surface area contributed by atoms with Gasteiger partial charge >= 0.3 is 0 Å². The summed E-state index contributed by atoms with van der Waals surface area (Å²) >= 11 is 6.95. The van der Waals surface area contributed by atoms with E-state index in [1.807, 2.05) is 18.2 Å². The fourth-order valence-corrected chi connectivity index (χ4v) is 2.85. The van der Waals surface area contributed by atoms with E-state index < -0.39 is 5.97 Å². The number of rotatable bonds is 5. The first-order valence-electron chi connectivity index (χ1n) is 6.15. The molecule has 0 radical (unpaired) electrons. The van der Waals surface area contributed by atoms with Gasteiger partial charge in [-0.15, -0.1) is 11.3 Å². The Morgan fingerprint density at radius 2 is 2.10 bits per heavy atom. The number of amides is 1. The van der Waals surface area contributed by atoms with Crippen molar-refractivity contribution >= 4 is 34.8 Å². The van der Waals surface area contributed by atoms with Crippen molar-refractivity contribution in [1.29, 1.82) is 0 Å². The third kappa shape index (κ3) is 4.03. The van der Waals surface area contributed by atoms with Crippen molar-refractivity contribution in [2.45, 2.75) is 19.9 Å². The molecule has 1 aromatic carbocycles. The molecule has 110 valence electrons. The normalized spacial score (nSPS) is 10.4. The Balaban J connectivity index is 1.95. The maximum atomic E-state index is 11.8. The number of halogens is 1. The molecule has 1 heterocycles. The van der Waals surface area contributed by atoms with Crippen molar-refractivity contribution in [3.05, 3.63) is 50.4 Å². The van der Waals surface area contributed by atoms with Gasteiger partial charge in [0.2, 0.25) is 5.91 Å². The largest absolute Gasteiger partial charge is 0.544 e. The number of benzene rings is 1. The van der Waals surface area contributed by atoms with Crippen LogP contribution in [0.25, 0.3) is 0 Å². The molecule has 0 spiro atoms.